The van der Waals surface area contributed by atoms with Crippen molar-refractivity contribution in [2.45, 2.75) is 33.1 Å². The molecule has 18 heavy (non-hydrogen) atoms. The van der Waals surface area contributed by atoms with E-state index in [0.29, 0.717) is 26.0 Å². The third-order valence-electron chi connectivity index (χ3n) is 3.04. The van der Waals surface area contributed by atoms with Gasteiger partial charge in [0.2, 0.25) is 5.91 Å². The highest BCUT2D eigenvalue weighted by molar-refractivity contribution is 7.80. The van der Waals surface area contributed by atoms with Crippen molar-refractivity contribution >= 4 is 29.1 Å². The van der Waals surface area contributed by atoms with Crippen molar-refractivity contribution in [2.24, 2.45) is 11.1 Å². The Kier molecular flexibility index (Phi) is 5.07. The van der Waals surface area contributed by atoms with Crippen LogP contribution in [0.5, 0.6) is 0 Å². The van der Waals surface area contributed by atoms with Crippen LogP contribution >= 0.6 is 12.2 Å². The highest BCUT2D eigenvalue weighted by Crippen LogP contribution is 2.47. The second-order valence-electron chi connectivity index (χ2n) is 4.48. The molecule has 0 aromatic rings. The topological polar surface area (TPSA) is 72.6 Å². The summed E-state index contributed by atoms with van der Waals surface area (Å²) in [7, 11) is 0. The van der Waals surface area contributed by atoms with E-state index in [4.69, 9.17) is 22.7 Å². The van der Waals surface area contributed by atoms with Gasteiger partial charge in [-0.2, -0.15) is 0 Å². The van der Waals surface area contributed by atoms with Crippen LogP contribution in [-0.2, 0) is 14.3 Å². The number of amides is 1. The van der Waals surface area contributed by atoms with Crippen LogP contribution in [0, 0.1) is 5.41 Å². The van der Waals surface area contributed by atoms with Crippen LogP contribution in [0.15, 0.2) is 0 Å². The van der Waals surface area contributed by atoms with Crippen molar-refractivity contribution in [3.63, 3.8) is 0 Å². The van der Waals surface area contributed by atoms with Crippen LogP contribution in [0.1, 0.15) is 33.1 Å². The SMILES string of the molecule is CCCN(CC(=O)OCC)C(=O)C1(C(N)=S)CC1. The maximum Gasteiger partial charge on any atom is 0.325 e. The number of hydrogen-bond donors (Lipinski definition) is 1. The lowest BCUT2D eigenvalue weighted by Gasteiger charge is -2.25. The van der Waals surface area contributed by atoms with E-state index in [1.165, 1.54) is 4.90 Å². The van der Waals surface area contributed by atoms with E-state index >= 15 is 0 Å². The first-order valence-corrected chi connectivity index (χ1v) is 6.63. The van der Waals surface area contributed by atoms with Gasteiger partial charge in [0.25, 0.3) is 0 Å². The van der Waals surface area contributed by atoms with Crippen LogP contribution in [-0.4, -0.2) is 41.5 Å². The summed E-state index contributed by atoms with van der Waals surface area (Å²) < 4.78 is 4.87. The molecular weight excluding hydrogens is 252 g/mol. The first-order valence-electron chi connectivity index (χ1n) is 6.22. The zero-order valence-corrected chi connectivity index (χ0v) is 11.7. The van der Waals surface area contributed by atoms with E-state index in [2.05, 4.69) is 0 Å². The highest BCUT2D eigenvalue weighted by atomic mass is 32.1. The number of ether oxygens (including phenoxy) is 1. The molecular formula is C12H20N2O3S. The highest BCUT2D eigenvalue weighted by Gasteiger charge is 2.54. The number of carbonyl (C=O) groups excluding carboxylic acids is 2. The van der Waals surface area contributed by atoms with E-state index in [0.717, 1.165) is 6.42 Å². The monoisotopic (exact) mass is 272 g/mol. The van der Waals surface area contributed by atoms with Gasteiger partial charge < -0.3 is 15.4 Å². The standard InChI is InChI=1S/C12H20N2O3S/c1-3-7-14(8-9(15)17-4-2)11(16)12(5-6-12)10(13)18/h3-8H2,1-2H3,(H2,13,18). The third-order valence-corrected chi connectivity index (χ3v) is 3.43. The molecule has 0 radical (unpaired) electrons. The molecule has 0 atom stereocenters. The van der Waals surface area contributed by atoms with E-state index < -0.39 is 11.4 Å². The molecule has 1 fully saturated rings. The van der Waals surface area contributed by atoms with Gasteiger partial charge >= 0.3 is 5.97 Å². The van der Waals surface area contributed by atoms with Gasteiger partial charge in [-0.1, -0.05) is 19.1 Å². The smallest absolute Gasteiger partial charge is 0.325 e. The minimum absolute atomic E-state index is 0.0229. The van der Waals surface area contributed by atoms with Gasteiger partial charge in [-0.05, 0) is 26.2 Å². The minimum Gasteiger partial charge on any atom is -0.465 e. The fourth-order valence-electron chi connectivity index (χ4n) is 1.88. The number of carbonyl (C=O) groups is 2. The molecule has 0 unspecified atom stereocenters. The first-order chi connectivity index (χ1) is 8.47. The van der Waals surface area contributed by atoms with Crippen LogP contribution in [0.2, 0.25) is 0 Å². The molecule has 0 heterocycles. The molecule has 6 heteroatoms. The first kappa shape index (κ1) is 14.9. The predicted octanol–water partition coefficient (Wildman–Crippen LogP) is 0.854. The van der Waals surface area contributed by atoms with Gasteiger partial charge in [0.1, 0.15) is 6.54 Å². The second kappa shape index (κ2) is 6.13. The summed E-state index contributed by atoms with van der Waals surface area (Å²) in [6.07, 6.45) is 2.15. The Labute approximate surface area is 113 Å². The molecule has 2 N–H and O–H groups in total. The molecule has 1 amide bonds. The van der Waals surface area contributed by atoms with Crippen molar-refractivity contribution in [3.8, 4) is 0 Å². The van der Waals surface area contributed by atoms with E-state index in [1.807, 2.05) is 6.92 Å². The summed E-state index contributed by atoms with van der Waals surface area (Å²) in [6.45, 7) is 4.49. The van der Waals surface area contributed by atoms with E-state index in [-0.39, 0.29) is 17.4 Å². The zero-order chi connectivity index (χ0) is 13.8. The van der Waals surface area contributed by atoms with Crippen LogP contribution in [0.3, 0.4) is 0 Å². The van der Waals surface area contributed by atoms with Crippen molar-refractivity contribution in [1.29, 1.82) is 0 Å². The molecule has 1 aliphatic rings. The van der Waals surface area contributed by atoms with Gasteiger partial charge in [0.15, 0.2) is 0 Å². The second-order valence-corrected chi connectivity index (χ2v) is 4.92. The van der Waals surface area contributed by atoms with Gasteiger partial charge in [-0.15, -0.1) is 0 Å². The maximum absolute atomic E-state index is 12.3. The average Bonchev–Trinajstić information content (AvgIpc) is 3.09. The fraction of sp³-hybridized carbons (Fsp3) is 0.750. The number of esters is 1. The van der Waals surface area contributed by atoms with Crippen molar-refractivity contribution in [2.75, 3.05) is 19.7 Å². The average molecular weight is 272 g/mol. The summed E-state index contributed by atoms with van der Waals surface area (Å²) in [5, 5.41) is 0. The molecule has 1 rings (SSSR count). The summed E-state index contributed by atoms with van der Waals surface area (Å²) in [4.78, 5) is 25.6. The van der Waals surface area contributed by atoms with Gasteiger partial charge in [-0.3, -0.25) is 9.59 Å². The number of nitrogens with two attached hydrogens (primary N) is 1. The van der Waals surface area contributed by atoms with E-state index in [1.54, 1.807) is 6.92 Å². The van der Waals surface area contributed by atoms with Gasteiger partial charge in [-0.25, -0.2) is 0 Å². The van der Waals surface area contributed by atoms with Gasteiger partial charge in [0.05, 0.1) is 17.0 Å². The number of thiocarbonyl (C=S) groups is 1. The van der Waals surface area contributed by atoms with Crippen molar-refractivity contribution < 1.29 is 14.3 Å². The molecule has 0 saturated heterocycles. The Morgan fingerprint density at radius 2 is 2.00 bits per heavy atom. The molecule has 1 aliphatic carbocycles. The molecule has 0 bridgehead atoms. The number of nitrogens with zero attached hydrogens (tertiary/aromatic N) is 1. The van der Waals surface area contributed by atoms with Crippen molar-refractivity contribution in [1.82, 2.24) is 4.90 Å². The minimum atomic E-state index is -0.697. The van der Waals surface area contributed by atoms with Crippen LogP contribution in [0.4, 0.5) is 0 Å². The summed E-state index contributed by atoms with van der Waals surface area (Å²) >= 11 is 4.95. The molecule has 5 nitrogen and oxygen atoms in total. The molecule has 0 spiro atoms. The predicted molar refractivity (Wildman–Crippen MR) is 72.0 cm³/mol. The summed E-state index contributed by atoms with van der Waals surface area (Å²) in [6, 6.07) is 0. The molecule has 1 saturated carbocycles. The molecule has 0 aliphatic heterocycles. The molecule has 0 aromatic carbocycles. The van der Waals surface area contributed by atoms with Crippen LogP contribution in [0.25, 0.3) is 0 Å². The lowest BCUT2D eigenvalue weighted by molar-refractivity contribution is -0.150. The third kappa shape index (κ3) is 3.19. The molecule has 0 aromatic heterocycles. The Morgan fingerprint density at radius 3 is 2.39 bits per heavy atom. The van der Waals surface area contributed by atoms with E-state index in [9.17, 15) is 9.59 Å². The quantitative estimate of drug-likeness (QED) is 0.549. The Balaban J connectivity index is 2.70. The van der Waals surface area contributed by atoms with Crippen molar-refractivity contribution in [3.05, 3.63) is 0 Å². The lowest BCUT2D eigenvalue weighted by Crippen LogP contribution is -2.45. The largest absolute Gasteiger partial charge is 0.465 e. The Bertz CT molecular complexity index is 353. The Hall–Kier alpha value is -1.17. The Morgan fingerprint density at radius 1 is 1.39 bits per heavy atom. The zero-order valence-electron chi connectivity index (χ0n) is 10.9. The molecule has 102 valence electrons. The normalized spacial score (nSPS) is 15.9. The summed E-state index contributed by atoms with van der Waals surface area (Å²) in [5.41, 5.74) is 4.93. The van der Waals surface area contributed by atoms with Gasteiger partial charge in [0, 0.05) is 6.54 Å². The van der Waals surface area contributed by atoms with Crippen LogP contribution < -0.4 is 5.73 Å². The fourth-order valence-corrected chi connectivity index (χ4v) is 2.17. The summed E-state index contributed by atoms with van der Waals surface area (Å²) in [5.74, 6) is -0.525. The lowest BCUT2D eigenvalue weighted by atomic mass is 10.1. The number of hydrogen-bond acceptors (Lipinski definition) is 4. The maximum atomic E-state index is 12.3. The number of rotatable bonds is 7.